The topological polar surface area (TPSA) is 75.7 Å². The molecule has 6 nitrogen and oxygen atoms in total. The maximum Gasteiger partial charge on any atom is 0.247 e. The summed E-state index contributed by atoms with van der Waals surface area (Å²) in [5.41, 5.74) is 0. The molecule has 1 heterocycles. The number of sulfonamides is 1. The molecule has 21 heavy (non-hydrogen) atoms. The van der Waals surface area contributed by atoms with Crippen molar-refractivity contribution in [2.75, 3.05) is 20.2 Å². The second kappa shape index (κ2) is 6.33. The van der Waals surface area contributed by atoms with Gasteiger partial charge in [-0.1, -0.05) is 22.9 Å². The quantitative estimate of drug-likeness (QED) is 0.860. The number of hydrogen-bond donors (Lipinski definition) is 1. The van der Waals surface area contributed by atoms with Gasteiger partial charge in [0.05, 0.1) is 7.11 Å². The molecule has 1 saturated heterocycles. The number of nitrogens with zero attached hydrogens (tertiary/aromatic N) is 1. The van der Waals surface area contributed by atoms with E-state index < -0.39 is 16.1 Å². The van der Waals surface area contributed by atoms with Crippen LogP contribution in [0.4, 0.5) is 0 Å². The van der Waals surface area contributed by atoms with Crippen LogP contribution in [0, 0.1) is 0 Å². The third-order valence-electron chi connectivity index (χ3n) is 3.38. The zero-order chi connectivity index (χ0) is 15.6. The van der Waals surface area contributed by atoms with Crippen molar-refractivity contribution in [1.29, 1.82) is 0 Å². The summed E-state index contributed by atoms with van der Waals surface area (Å²) in [4.78, 5) is 11.9. The molecule has 0 saturated carbocycles. The SMILES string of the molecule is CCC1C(=O)NCCN1S(=O)(=O)c1cc(Br)ccc1OC. The van der Waals surface area contributed by atoms with Crippen molar-refractivity contribution in [2.24, 2.45) is 0 Å². The highest BCUT2D eigenvalue weighted by Gasteiger charge is 2.38. The Morgan fingerprint density at radius 3 is 2.81 bits per heavy atom. The molecule has 0 radical (unpaired) electrons. The number of nitrogens with one attached hydrogen (secondary N) is 1. The van der Waals surface area contributed by atoms with E-state index in [0.717, 1.165) is 0 Å². The van der Waals surface area contributed by atoms with Gasteiger partial charge < -0.3 is 10.1 Å². The van der Waals surface area contributed by atoms with Gasteiger partial charge in [-0.25, -0.2) is 8.42 Å². The average molecular weight is 377 g/mol. The average Bonchev–Trinajstić information content (AvgIpc) is 2.46. The number of halogens is 1. The number of carbonyl (C=O) groups is 1. The van der Waals surface area contributed by atoms with Crippen LogP contribution in [0.5, 0.6) is 5.75 Å². The van der Waals surface area contributed by atoms with Crippen LogP contribution in [0.1, 0.15) is 13.3 Å². The molecular weight excluding hydrogens is 360 g/mol. The van der Waals surface area contributed by atoms with E-state index in [1.165, 1.54) is 17.5 Å². The zero-order valence-corrected chi connectivity index (χ0v) is 14.2. The highest BCUT2D eigenvalue weighted by Crippen LogP contribution is 2.31. The lowest BCUT2D eigenvalue weighted by Crippen LogP contribution is -2.56. The number of benzene rings is 1. The number of amides is 1. The molecule has 1 aliphatic rings. The monoisotopic (exact) mass is 376 g/mol. The summed E-state index contributed by atoms with van der Waals surface area (Å²) in [5.74, 6) is 0.000299. The Morgan fingerprint density at radius 2 is 2.19 bits per heavy atom. The van der Waals surface area contributed by atoms with Crippen LogP contribution in [-0.4, -0.2) is 44.9 Å². The molecule has 2 rings (SSSR count). The van der Waals surface area contributed by atoms with E-state index in [9.17, 15) is 13.2 Å². The van der Waals surface area contributed by atoms with Crippen LogP contribution in [0.3, 0.4) is 0 Å². The van der Waals surface area contributed by atoms with Gasteiger partial charge in [-0.2, -0.15) is 4.31 Å². The number of hydrogen-bond acceptors (Lipinski definition) is 4. The maximum absolute atomic E-state index is 12.9. The summed E-state index contributed by atoms with van der Waals surface area (Å²) >= 11 is 3.27. The Balaban J connectivity index is 2.50. The van der Waals surface area contributed by atoms with E-state index in [1.807, 2.05) is 0 Å². The molecule has 1 aromatic rings. The summed E-state index contributed by atoms with van der Waals surface area (Å²) in [7, 11) is -2.38. The van der Waals surface area contributed by atoms with Gasteiger partial charge in [0.25, 0.3) is 0 Å². The molecule has 0 bridgehead atoms. The van der Waals surface area contributed by atoms with Gasteiger partial charge in [0.2, 0.25) is 15.9 Å². The molecule has 1 unspecified atom stereocenters. The van der Waals surface area contributed by atoms with Gasteiger partial charge in [0, 0.05) is 17.6 Å². The molecule has 1 amide bonds. The molecule has 1 atom stereocenters. The minimum absolute atomic E-state index is 0.0625. The van der Waals surface area contributed by atoms with E-state index in [1.54, 1.807) is 19.1 Å². The molecule has 1 N–H and O–H groups in total. The third kappa shape index (κ3) is 3.07. The van der Waals surface area contributed by atoms with Gasteiger partial charge in [0.15, 0.2) is 0 Å². The highest BCUT2D eigenvalue weighted by atomic mass is 79.9. The van der Waals surface area contributed by atoms with Crippen molar-refractivity contribution in [3.8, 4) is 5.75 Å². The first-order valence-corrected chi connectivity index (χ1v) is 8.78. The van der Waals surface area contributed by atoms with Crippen molar-refractivity contribution < 1.29 is 17.9 Å². The van der Waals surface area contributed by atoms with Crippen LogP contribution >= 0.6 is 15.9 Å². The molecule has 1 aromatic carbocycles. The zero-order valence-electron chi connectivity index (χ0n) is 11.8. The van der Waals surface area contributed by atoms with Crippen LogP contribution < -0.4 is 10.1 Å². The van der Waals surface area contributed by atoms with E-state index >= 15 is 0 Å². The van der Waals surface area contributed by atoms with Crippen LogP contribution in [0.15, 0.2) is 27.6 Å². The first kappa shape index (κ1) is 16.3. The van der Waals surface area contributed by atoms with Crippen molar-refractivity contribution in [3.63, 3.8) is 0 Å². The summed E-state index contributed by atoms with van der Waals surface area (Å²) < 4.78 is 32.8. The lowest BCUT2D eigenvalue weighted by molar-refractivity contribution is -0.126. The Morgan fingerprint density at radius 1 is 1.48 bits per heavy atom. The first-order chi connectivity index (χ1) is 9.91. The molecule has 1 aliphatic heterocycles. The second-order valence-electron chi connectivity index (χ2n) is 4.63. The third-order valence-corrected chi connectivity index (χ3v) is 5.80. The Bertz CT molecular complexity index is 648. The largest absolute Gasteiger partial charge is 0.495 e. The van der Waals surface area contributed by atoms with E-state index in [4.69, 9.17) is 4.74 Å². The number of carbonyl (C=O) groups excluding carboxylic acids is 1. The Labute approximate surface area is 132 Å². The number of ether oxygens (including phenoxy) is 1. The second-order valence-corrected chi connectivity index (χ2v) is 7.40. The fourth-order valence-corrected chi connectivity index (χ4v) is 4.71. The van der Waals surface area contributed by atoms with Crippen LogP contribution in [0.25, 0.3) is 0 Å². The fraction of sp³-hybridized carbons (Fsp3) is 0.462. The lowest BCUT2D eigenvalue weighted by Gasteiger charge is -2.33. The predicted octanol–water partition coefficient (Wildman–Crippen LogP) is 1.36. The van der Waals surface area contributed by atoms with Gasteiger partial charge in [-0.15, -0.1) is 0 Å². The van der Waals surface area contributed by atoms with Crippen molar-refractivity contribution in [2.45, 2.75) is 24.3 Å². The van der Waals surface area contributed by atoms with Crippen molar-refractivity contribution in [3.05, 3.63) is 22.7 Å². The smallest absolute Gasteiger partial charge is 0.247 e. The number of piperazine rings is 1. The Kier molecular flexibility index (Phi) is 4.90. The molecule has 0 spiro atoms. The molecular formula is C13H17BrN2O4S. The minimum atomic E-state index is -3.80. The molecule has 0 aromatic heterocycles. The van der Waals surface area contributed by atoms with Crippen LogP contribution in [0.2, 0.25) is 0 Å². The van der Waals surface area contributed by atoms with E-state index in [-0.39, 0.29) is 23.1 Å². The minimum Gasteiger partial charge on any atom is -0.495 e. The predicted molar refractivity (Wildman–Crippen MR) is 81.7 cm³/mol. The van der Waals surface area contributed by atoms with Crippen molar-refractivity contribution in [1.82, 2.24) is 9.62 Å². The van der Waals surface area contributed by atoms with Gasteiger partial charge in [-0.05, 0) is 24.6 Å². The van der Waals surface area contributed by atoms with Crippen LogP contribution in [-0.2, 0) is 14.8 Å². The molecule has 8 heteroatoms. The molecule has 1 fully saturated rings. The Hall–Kier alpha value is -1.12. The van der Waals surface area contributed by atoms with Crippen molar-refractivity contribution >= 4 is 31.9 Å². The highest BCUT2D eigenvalue weighted by molar-refractivity contribution is 9.10. The lowest BCUT2D eigenvalue weighted by atomic mass is 10.2. The summed E-state index contributed by atoms with van der Waals surface area (Å²) in [6.07, 6.45) is 0.418. The van der Waals surface area contributed by atoms with Gasteiger partial charge >= 0.3 is 0 Å². The summed E-state index contributed by atoms with van der Waals surface area (Å²) in [5, 5.41) is 2.69. The van der Waals surface area contributed by atoms with E-state index in [2.05, 4.69) is 21.2 Å². The van der Waals surface area contributed by atoms with Gasteiger partial charge in [-0.3, -0.25) is 4.79 Å². The van der Waals surface area contributed by atoms with E-state index in [0.29, 0.717) is 17.4 Å². The van der Waals surface area contributed by atoms with Gasteiger partial charge in [0.1, 0.15) is 16.7 Å². The molecule has 0 aliphatic carbocycles. The first-order valence-electron chi connectivity index (χ1n) is 6.55. The fourth-order valence-electron chi connectivity index (χ4n) is 2.35. The normalized spacial score (nSPS) is 20.1. The standard InChI is InChI=1S/C13H17BrN2O4S/c1-3-10-13(17)15-6-7-16(10)21(18,19)12-8-9(14)4-5-11(12)20-2/h4-5,8,10H,3,6-7H2,1-2H3,(H,15,17). The number of rotatable bonds is 4. The summed E-state index contributed by atoms with van der Waals surface area (Å²) in [6.45, 7) is 2.35. The molecule has 116 valence electrons. The number of methoxy groups -OCH3 is 1. The maximum atomic E-state index is 12.9. The summed E-state index contributed by atoms with van der Waals surface area (Å²) in [6, 6.07) is 4.10.